The number of carbonyl (C=O) groups excluding carboxylic acids is 1. The number of aromatic nitrogens is 5. The minimum atomic E-state index is -0.853. The van der Waals surface area contributed by atoms with Gasteiger partial charge in [0.25, 0.3) is 11.5 Å². The average molecular weight is 482 g/mol. The first-order chi connectivity index (χ1) is 16.9. The first-order valence-electron chi connectivity index (χ1n) is 11.7. The van der Waals surface area contributed by atoms with Gasteiger partial charge < -0.3 is 31.4 Å². The van der Waals surface area contributed by atoms with Crippen LogP contribution in [0.3, 0.4) is 0 Å². The minimum absolute atomic E-state index is 0.0322. The number of fused-ring (bicyclic) bond motifs is 1. The third-order valence-corrected chi connectivity index (χ3v) is 6.18. The monoisotopic (exact) mass is 481 g/mol. The lowest BCUT2D eigenvalue weighted by atomic mass is 9.91. The Morgan fingerprint density at radius 2 is 1.71 bits per heavy atom. The Kier molecular flexibility index (Phi) is 6.31. The van der Waals surface area contributed by atoms with Crippen LogP contribution < -0.4 is 26.8 Å². The van der Waals surface area contributed by atoms with Gasteiger partial charge >= 0.3 is 5.97 Å². The Balaban J connectivity index is 1.35. The summed E-state index contributed by atoms with van der Waals surface area (Å²) in [5.41, 5.74) is 1.16. The maximum Gasteiger partial charge on any atom is 0.317 e. The van der Waals surface area contributed by atoms with Crippen LogP contribution in [-0.2, 0) is 4.79 Å². The summed E-state index contributed by atoms with van der Waals surface area (Å²) in [7, 11) is 0. The van der Waals surface area contributed by atoms with Gasteiger partial charge in [-0.2, -0.15) is 0 Å². The quantitative estimate of drug-likeness (QED) is 0.259. The van der Waals surface area contributed by atoms with Crippen LogP contribution in [0.4, 0.5) is 17.3 Å². The molecule has 2 saturated carbocycles. The van der Waals surface area contributed by atoms with Crippen molar-refractivity contribution in [2.24, 2.45) is 0 Å². The number of aliphatic carboxylic acids is 1. The lowest BCUT2D eigenvalue weighted by molar-refractivity contribution is -0.136. The molecule has 0 radical (unpaired) electrons. The van der Waals surface area contributed by atoms with Crippen LogP contribution in [0.25, 0.3) is 5.65 Å². The summed E-state index contributed by atoms with van der Waals surface area (Å²) in [5.74, 6) is -0.590. The van der Waals surface area contributed by atoms with Crippen LogP contribution in [0.15, 0.2) is 29.5 Å². The molecule has 0 saturated heterocycles. The molecule has 0 bridgehead atoms. The molecule has 1 amide bonds. The van der Waals surface area contributed by atoms with E-state index in [1.165, 1.54) is 23.1 Å². The molecule has 3 aromatic rings. The highest BCUT2D eigenvalue weighted by atomic mass is 16.4. The summed E-state index contributed by atoms with van der Waals surface area (Å²) in [5, 5.41) is 26.1. The van der Waals surface area contributed by atoms with Crippen molar-refractivity contribution in [3.8, 4) is 0 Å². The van der Waals surface area contributed by atoms with E-state index in [9.17, 15) is 14.4 Å². The molecule has 2 fully saturated rings. The van der Waals surface area contributed by atoms with E-state index >= 15 is 0 Å². The zero-order valence-corrected chi connectivity index (χ0v) is 19.0. The normalized spacial score (nSPS) is 19.9. The summed E-state index contributed by atoms with van der Waals surface area (Å²) in [6, 6.07) is 3.85. The van der Waals surface area contributed by atoms with Gasteiger partial charge in [0.05, 0.1) is 24.8 Å². The number of nitrogens with one attached hydrogen (secondary N) is 5. The van der Waals surface area contributed by atoms with Gasteiger partial charge in [-0.3, -0.25) is 14.4 Å². The zero-order chi connectivity index (χ0) is 24.4. The van der Waals surface area contributed by atoms with E-state index in [-0.39, 0.29) is 35.7 Å². The Bertz CT molecular complexity index is 1290. The molecule has 0 spiro atoms. The third kappa shape index (κ3) is 5.57. The molecule has 0 atom stereocenters. The summed E-state index contributed by atoms with van der Waals surface area (Å²) < 4.78 is 1.50. The number of anilines is 3. The SMILES string of the molecule is O=C(O)CNC1CCC(Nc2cc(NC3CC3)c3ncc(C(=O)Nc4cc(=O)[nH]cn4)n3n2)CC1. The predicted molar refractivity (Wildman–Crippen MR) is 128 cm³/mol. The van der Waals surface area contributed by atoms with Crippen LogP contribution in [0.1, 0.15) is 49.0 Å². The molecule has 0 aliphatic heterocycles. The molecule has 2 aliphatic carbocycles. The number of amides is 1. The second kappa shape index (κ2) is 9.70. The number of imidazole rings is 1. The maximum absolute atomic E-state index is 12.9. The molecule has 35 heavy (non-hydrogen) atoms. The second-order valence-corrected chi connectivity index (χ2v) is 8.96. The highest BCUT2D eigenvalue weighted by molar-refractivity contribution is 6.03. The number of nitrogens with zero attached hydrogens (tertiary/aromatic N) is 4. The molecule has 13 heteroatoms. The lowest BCUT2D eigenvalue weighted by Gasteiger charge is -2.29. The molecule has 0 unspecified atom stereocenters. The summed E-state index contributed by atoms with van der Waals surface area (Å²) >= 11 is 0. The largest absolute Gasteiger partial charge is 0.480 e. The highest BCUT2D eigenvalue weighted by Gasteiger charge is 2.26. The van der Waals surface area contributed by atoms with E-state index in [1.54, 1.807) is 0 Å². The van der Waals surface area contributed by atoms with Gasteiger partial charge in [-0.15, -0.1) is 5.10 Å². The summed E-state index contributed by atoms with van der Waals surface area (Å²) in [6.45, 7) is -0.0322. The van der Waals surface area contributed by atoms with Gasteiger partial charge in [0.1, 0.15) is 11.6 Å². The fraction of sp³-hybridized carbons (Fsp3) is 0.455. The number of carboxylic acids is 1. The van der Waals surface area contributed by atoms with Gasteiger partial charge in [-0.05, 0) is 38.5 Å². The van der Waals surface area contributed by atoms with Crippen LogP contribution >= 0.6 is 0 Å². The molecule has 184 valence electrons. The van der Waals surface area contributed by atoms with Crippen molar-refractivity contribution in [1.82, 2.24) is 29.9 Å². The molecule has 2 aliphatic rings. The number of rotatable bonds is 9. The van der Waals surface area contributed by atoms with Gasteiger partial charge in [0, 0.05) is 30.3 Å². The van der Waals surface area contributed by atoms with Gasteiger partial charge in [-0.25, -0.2) is 14.5 Å². The van der Waals surface area contributed by atoms with Crippen LogP contribution in [-0.4, -0.2) is 66.2 Å². The van der Waals surface area contributed by atoms with E-state index < -0.39 is 11.9 Å². The van der Waals surface area contributed by atoms with Crippen molar-refractivity contribution < 1.29 is 14.7 Å². The van der Waals surface area contributed by atoms with Crippen molar-refractivity contribution >= 4 is 34.8 Å². The average Bonchev–Trinajstić information content (AvgIpc) is 3.54. The van der Waals surface area contributed by atoms with Crippen molar-refractivity contribution in [3.63, 3.8) is 0 Å². The first kappa shape index (κ1) is 22.8. The number of H-pyrrole nitrogens is 1. The van der Waals surface area contributed by atoms with Crippen molar-refractivity contribution in [3.05, 3.63) is 40.7 Å². The van der Waals surface area contributed by atoms with E-state index in [2.05, 4.69) is 41.3 Å². The van der Waals surface area contributed by atoms with Gasteiger partial charge in [0.2, 0.25) is 0 Å². The fourth-order valence-corrected chi connectivity index (χ4v) is 4.25. The van der Waals surface area contributed by atoms with Gasteiger partial charge in [0.15, 0.2) is 11.3 Å². The summed E-state index contributed by atoms with van der Waals surface area (Å²) in [4.78, 5) is 46.0. The topological polar surface area (TPSA) is 178 Å². The van der Waals surface area contributed by atoms with Crippen LogP contribution in [0, 0.1) is 0 Å². The highest BCUT2D eigenvalue weighted by Crippen LogP contribution is 2.29. The number of hydrogen-bond acceptors (Lipinski definition) is 9. The van der Waals surface area contributed by atoms with E-state index in [0.29, 0.717) is 17.5 Å². The molecule has 3 heterocycles. The minimum Gasteiger partial charge on any atom is -0.480 e. The Morgan fingerprint density at radius 1 is 1.00 bits per heavy atom. The number of carboxylic acid groups (broad SMARTS) is 1. The van der Waals surface area contributed by atoms with Crippen molar-refractivity contribution in [1.29, 1.82) is 0 Å². The molecule has 0 aromatic carbocycles. The zero-order valence-electron chi connectivity index (χ0n) is 19.0. The number of hydrogen-bond donors (Lipinski definition) is 6. The number of carbonyl (C=O) groups is 2. The molecule has 13 nitrogen and oxygen atoms in total. The Hall–Kier alpha value is -4.00. The van der Waals surface area contributed by atoms with Crippen LogP contribution in [0.5, 0.6) is 0 Å². The third-order valence-electron chi connectivity index (χ3n) is 6.18. The molecular weight excluding hydrogens is 454 g/mol. The predicted octanol–water partition coefficient (Wildman–Crippen LogP) is 1.04. The standard InChI is InChI=1S/C22H27N9O4/c32-19-8-17(25-11-26-19)29-22(35)16-9-24-21-15(27-13-5-6-13)7-18(30-31(16)21)28-14-3-1-12(2-4-14)23-10-20(33)34/h7-9,11-14,23,27H,1-6,10H2,(H,28,30)(H,33,34)(H2,25,26,29,32,35). The molecule has 5 rings (SSSR count). The number of aromatic amines is 1. The van der Waals surface area contributed by atoms with Crippen molar-refractivity contribution in [2.75, 3.05) is 22.5 Å². The molecule has 6 N–H and O–H groups in total. The smallest absolute Gasteiger partial charge is 0.317 e. The van der Waals surface area contributed by atoms with Gasteiger partial charge in [-0.1, -0.05) is 0 Å². The first-order valence-corrected chi connectivity index (χ1v) is 11.7. The maximum atomic E-state index is 12.9. The van der Waals surface area contributed by atoms with Crippen LogP contribution in [0.2, 0.25) is 0 Å². The van der Waals surface area contributed by atoms with Crippen molar-refractivity contribution in [2.45, 2.75) is 56.7 Å². The molecular formula is C22H27N9O4. The molecule has 3 aromatic heterocycles. The Labute approximate surface area is 199 Å². The summed E-state index contributed by atoms with van der Waals surface area (Å²) in [6.07, 6.45) is 8.29. The fourth-order valence-electron chi connectivity index (χ4n) is 4.25. The Morgan fingerprint density at radius 3 is 2.43 bits per heavy atom. The second-order valence-electron chi connectivity index (χ2n) is 8.96. The van der Waals surface area contributed by atoms with E-state index in [1.807, 2.05) is 6.07 Å². The van der Waals surface area contributed by atoms with E-state index in [0.717, 1.165) is 44.2 Å². The lowest BCUT2D eigenvalue weighted by Crippen LogP contribution is -2.39. The van der Waals surface area contributed by atoms with E-state index in [4.69, 9.17) is 5.11 Å².